The Morgan fingerprint density at radius 1 is 1.19 bits per heavy atom. The van der Waals surface area contributed by atoms with Crippen molar-refractivity contribution in [3.8, 4) is 5.75 Å². The quantitative estimate of drug-likeness (QED) is 0.542. The smallest absolute Gasteiger partial charge is 0.231 e. The highest BCUT2D eigenvalue weighted by atomic mass is 16.5. The van der Waals surface area contributed by atoms with E-state index in [0.717, 1.165) is 28.1 Å². The van der Waals surface area contributed by atoms with Crippen molar-refractivity contribution in [2.75, 3.05) is 0 Å². The van der Waals surface area contributed by atoms with E-state index in [2.05, 4.69) is 54.0 Å². The van der Waals surface area contributed by atoms with Gasteiger partial charge in [-0.25, -0.2) is 14.5 Å². The minimum atomic E-state index is 0.308. The fourth-order valence-corrected chi connectivity index (χ4v) is 3.14. The lowest BCUT2D eigenvalue weighted by molar-refractivity contribution is 0.291. The van der Waals surface area contributed by atoms with Gasteiger partial charge in [-0.05, 0) is 43.9 Å². The van der Waals surface area contributed by atoms with Crippen LogP contribution in [-0.2, 0) is 6.61 Å². The number of nitrogens with zero attached hydrogens (tertiary/aromatic N) is 4. The molecule has 134 valence electrons. The molecule has 0 aliphatic heterocycles. The first-order valence-corrected chi connectivity index (χ1v) is 8.77. The van der Waals surface area contributed by atoms with E-state index in [1.165, 1.54) is 11.1 Å². The first kappa shape index (κ1) is 16.6. The number of benzene rings is 1. The van der Waals surface area contributed by atoms with Crippen molar-refractivity contribution in [2.24, 2.45) is 0 Å². The van der Waals surface area contributed by atoms with E-state index in [1.807, 2.05) is 13.8 Å². The van der Waals surface area contributed by atoms with Crippen molar-refractivity contribution in [3.63, 3.8) is 0 Å². The molecule has 26 heavy (non-hydrogen) atoms. The average Bonchev–Trinajstić information content (AvgIpc) is 3.13. The molecular formula is C20H22N4O2. The van der Waals surface area contributed by atoms with E-state index in [1.54, 1.807) is 10.8 Å². The van der Waals surface area contributed by atoms with Crippen LogP contribution < -0.4 is 4.74 Å². The van der Waals surface area contributed by atoms with E-state index in [-0.39, 0.29) is 0 Å². The van der Waals surface area contributed by atoms with Gasteiger partial charge in [0.2, 0.25) is 5.71 Å². The van der Waals surface area contributed by atoms with Gasteiger partial charge >= 0.3 is 0 Å². The second kappa shape index (κ2) is 6.12. The van der Waals surface area contributed by atoms with Crippen LogP contribution in [0.2, 0.25) is 0 Å². The van der Waals surface area contributed by atoms with Gasteiger partial charge in [-0.15, -0.1) is 5.10 Å². The molecule has 0 unspecified atom stereocenters. The number of rotatable bonds is 4. The second-order valence-electron chi connectivity index (χ2n) is 6.99. The van der Waals surface area contributed by atoms with Crippen molar-refractivity contribution in [3.05, 3.63) is 52.8 Å². The van der Waals surface area contributed by atoms with E-state index >= 15 is 0 Å². The predicted molar refractivity (Wildman–Crippen MR) is 99.6 cm³/mol. The van der Waals surface area contributed by atoms with Crippen LogP contribution in [0.25, 0.3) is 16.7 Å². The van der Waals surface area contributed by atoms with Gasteiger partial charge in [0.15, 0.2) is 11.5 Å². The standard InChI is InChI=1S/C20H22N4O2/c1-11(2)15-7-6-12(3)8-16(15)25-9-17-22-19-18-13(4)14(5)26-20(18)21-10-24(19)23-17/h6-8,10-11H,9H2,1-5H3. The monoisotopic (exact) mass is 350 g/mol. The molecule has 3 aromatic heterocycles. The van der Waals surface area contributed by atoms with Gasteiger partial charge in [-0.3, -0.25) is 0 Å². The molecule has 0 saturated carbocycles. The molecule has 6 nitrogen and oxygen atoms in total. The van der Waals surface area contributed by atoms with Gasteiger partial charge in [-0.1, -0.05) is 26.0 Å². The molecule has 3 heterocycles. The molecule has 0 amide bonds. The zero-order chi connectivity index (χ0) is 18.4. The number of aromatic nitrogens is 4. The lowest BCUT2D eigenvalue weighted by Crippen LogP contribution is -2.02. The van der Waals surface area contributed by atoms with Gasteiger partial charge in [0.1, 0.15) is 24.4 Å². The van der Waals surface area contributed by atoms with Crippen LogP contribution in [0.4, 0.5) is 0 Å². The van der Waals surface area contributed by atoms with E-state index in [0.29, 0.717) is 24.1 Å². The summed E-state index contributed by atoms with van der Waals surface area (Å²) in [6.45, 7) is 10.6. The number of fused-ring (bicyclic) bond motifs is 3. The van der Waals surface area contributed by atoms with Crippen LogP contribution in [0, 0.1) is 20.8 Å². The molecule has 4 rings (SSSR count). The van der Waals surface area contributed by atoms with Crippen LogP contribution in [-0.4, -0.2) is 19.6 Å². The van der Waals surface area contributed by atoms with Crippen molar-refractivity contribution >= 4 is 16.7 Å². The van der Waals surface area contributed by atoms with Crippen molar-refractivity contribution in [2.45, 2.75) is 47.1 Å². The second-order valence-corrected chi connectivity index (χ2v) is 6.99. The highest BCUT2D eigenvalue weighted by Crippen LogP contribution is 2.29. The molecule has 0 aliphatic carbocycles. The Hall–Kier alpha value is -2.89. The Labute approximate surface area is 151 Å². The Kier molecular flexibility index (Phi) is 3.90. The molecule has 0 spiro atoms. The highest BCUT2D eigenvalue weighted by molar-refractivity contribution is 5.91. The molecule has 0 N–H and O–H groups in total. The topological polar surface area (TPSA) is 65.5 Å². The summed E-state index contributed by atoms with van der Waals surface area (Å²) in [7, 11) is 0. The summed E-state index contributed by atoms with van der Waals surface area (Å²) in [6, 6.07) is 6.30. The highest BCUT2D eigenvalue weighted by Gasteiger charge is 2.16. The lowest BCUT2D eigenvalue weighted by atomic mass is 10.0. The molecule has 0 bridgehead atoms. The summed E-state index contributed by atoms with van der Waals surface area (Å²) in [4.78, 5) is 8.98. The molecule has 4 aromatic rings. The fourth-order valence-electron chi connectivity index (χ4n) is 3.14. The first-order chi connectivity index (χ1) is 12.4. The maximum absolute atomic E-state index is 6.06. The summed E-state index contributed by atoms with van der Waals surface area (Å²) in [5.41, 5.74) is 4.73. The number of hydrogen-bond donors (Lipinski definition) is 0. The van der Waals surface area contributed by atoms with Gasteiger partial charge < -0.3 is 9.15 Å². The van der Waals surface area contributed by atoms with Gasteiger partial charge in [0.05, 0.1) is 5.39 Å². The fraction of sp³-hybridized carbons (Fsp3) is 0.350. The largest absolute Gasteiger partial charge is 0.485 e. The molecule has 0 fully saturated rings. The van der Waals surface area contributed by atoms with E-state index < -0.39 is 0 Å². The van der Waals surface area contributed by atoms with E-state index in [4.69, 9.17) is 9.15 Å². The van der Waals surface area contributed by atoms with Crippen LogP contribution in [0.3, 0.4) is 0 Å². The summed E-state index contributed by atoms with van der Waals surface area (Å²) in [6.07, 6.45) is 1.63. The van der Waals surface area contributed by atoms with E-state index in [9.17, 15) is 0 Å². The van der Waals surface area contributed by atoms with Crippen LogP contribution in [0.1, 0.15) is 48.0 Å². The maximum Gasteiger partial charge on any atom is 0.231 e. The number of ether oxygens (including phenoxy) is 1. The molecule has 0 atom stereocenters. The molecule has 0 radical (unpaired) electrons. The number of furan rings is 1. The average molecular weight is 350 g/mol. The third-order valence-corrected chi connectivity index (χ3v) is 4.70. The van der Waals surface area contributed by atoms with Crippen molar-refractivity contribution in [1.29, 1.82) is 0 Å². The molecule has 6 heteroatoms. The third-order valence-electron chi connectivity index (χ3n) is 4.70. The lowest BCUT2D eigenvalue weighted by Gasteiger charge is -2.13. The Morgan fingerprint density at radius 2 is 2.00 bits per heavy atom. The Balaban J connectivity index is 1.69. The zero-order valence-corrected chi connectivity index (χ0v) is 15.7. The summed E-state index contributed by atoms with van der Waals surface area (Å²) in [5.74, 6) is 2.74. The van der Waals surface area contributed by atoms with Crippen LogP contribution in [0.5, 0.6) is 5.75 Å². The normalized spacial score (nSPS) is 11.8. The van der Waals surface area contributed by atoms with Crippen molar-refractivity contribution < 1.29 is 9.15 Å². The van der Waals surface area contributed by atoms with Gasteiger partial charge in [0, 0.05) is 5.56 Å². The first-order valence-electron chi connectivity index (χ1n) is 8.77. The molecule has 0 aliphatic rings. The minimum absolute atomic E-state index is 0.308. The Morgan fingerprint density at radius 3 is 2.77 bits per heavy atom. The Bertz CT molecular complexity index is 1110. The van der Waals surface area contributed by atoms with Crippen molar-refractivity contribution in [1.82, 2.24) is 19.6 Å². The molecular weight excluding hydrogens is 328 g/mol. The molecule has 1 aromatic carbocycles. The summed E-state index contributed by atoms with van der Waals surface area (Å²) in [5, 5.41) is 5.41. The predicted octanol–water partition coefficient (Wildman–Crippen LogP) is 4.50. The maximum atomic E-state index is 6.06. The third kappa shape index (κ3) is 2.71. The number of aryl methyl sites for hydroxylation is 3. The van der Waals surface area contributed by atoms with Gasteiger partial charge in [0.25, 0.3) is 0 Å². The van der Waals surface area contributed by atoms with Gasteiger partial charge in [-0.2, -0.15) is 0 Å². The van der Waals surface area contributed by atoms with Crippen LogP contribution >= 0.6 is 0 Å². The zero-order valence-electron chi connectivity index (χ0n) is 15.7. The SMILES string of the molecule is Cc1ccc(C(C)C)c(OCc2nc3c4c(C)c(C)oc4ncn3n2)c1. The summed E-state index contributed by atoms with van der Waals surface area (Å²) >= 11 is 0. The molecule has 0 saturated heterocycles. The number of hydrogen-bond acceptors (Lipinski definition) is 5. The van der Waals surface area contributed by atoms with Crippen LogP contribution in [0.15, 0.2) is 28.9 Å². The minimum Gasteiger partial charge on any atom is -0.485 e. The summed E-state index contributed by atoms with van der Waals surface area (Å²) < 4.78 is 13.4.